The van der Waals surface area contributed by atoms with Gasteiger partial charge in [0.2, 0.25) is 0 Å². The van der Waals surface area contributed by atoms with Gasteiger partial charge in [0.25, 0.3) is 11.8 Å². The summed E-state index contributed by atoms with van der Waals surface area (Å²) in [6, 6.07) is 12.7. The highest BCUT2D eigenvalue weighted by Gasteiger charge is 2.08. The van der Waals surface area contributed by atoms with Crippen LogP contribution in [0, 0.1) is 12.7 Å². The first kappa shape index (κ1) is 19.7. The molecule has 0 spiro atoms. The summed E-state index contributed by atoms with van der Waals surface area (Å²) in [6.45, 7) is 4.92. The molecule has 5 nitrogen and oxygen atoms in total. The largest absolute Gasteiger partial charge is 0.352 e. The SMILES string of the molecule is CCNC(=O)c1ccc(Cn2cc(C)sc2=NC(=O)c2ccc(F)cc2)cc1. The molecule has 144 valence electrons. The van der Waals surface area contributed by atoms with E-state index in [-0.39, 0.29) is 5.91 Å². The number of thiazole rings is 1. The predicted molar refractivity (Wildman–Crippen MR) is 107 cm³/mol. The first-order valence-corrected chi connectivity index (χ1v) is 9.66. The number of hydrogen-bond donors (Lipinski definition) is 1. The minimum Gasteiger partial charge on any atom is -0.352 e. The van der Waals surface area contributed by atoms with Crippen LogP contribution in [0.1, 0.15) is 38.1 Å². The second kappa shape index (κ2) is 8.75. The number of halogens is 1. The lowest BCUT2D eigenvalue weighted by atomic mass is 10.1. The zero-order valence-corrected chi connectivity index (χ0v) is 16.4. The zero-order chi connectivity index (χ0) is 20.1. The number of nitrogens with zero attached hydrogens (tertiary/aromatic N) is 2. The van der Waals surface area contributed by atoms with Crippen LogP contribution in [-0.4, -0.2) is 22.9 Å². The molecule has 0 atom stereocenters. The number of aryl methyl sites for hydroxylation is 1. The van der Waals surface area contributed by atoms with Crippen molar-refractivity contribution < 1.29 is 14.0 Å². The van der Waals surface area contributed by atoms with E-state index in [0.29, 0.717) is 29.0 Å². The van der Waals surface area contributed by atoms with Gasteiger partial charge in [-0.05, 0) is 55.8 Å². The molecule has 0 aliphatic heterocycles. The smallest absolute Gasteiger partial charge is 0.279 e. The van der Waals surface area contributed by atoms with E-state index in [1.807, 2.05) is 36.7 Å². The lowest BCUT2D eigenvalue weighted by Gasteiger charge is -2.06. The number of carbonyl (C=O) groups is 2. The van der Waals surface area contributed by atoms with E-state index < -0.39 is 11.7 Å². The molecule has 0 radical (unpaired) electrons. The second-order valence-electron chi connectivity index (χ2n) is 6.23. The Kier molecular flexibility index (Phi) is 6.16. The number of aromatic nitrogens is 1. The summed E-state index contributed by atoms with van der Waals surface area (Å²) >= 11 is 1.41. The van der Waals surface area contributed by atoms with Crippen molar-refractivity contribution in [2.45, 2.75) is 20.4 Å². The van der Waals surface area contributed by atoms with Crippen molar-refractivity contribution in [1.29, 1.82) is 0 Å². The van der Waals surface area contributed by atoms with Crippen LogP contribution in [0.15, 0.2) is 59.7 Å². The van der Waals surface area contributed by atoms with E-state index in [4.69, 9.17) is 0 Å². The van der Waals surface area contributed by atoms with Gasteiger partial charge in [0, 0.05) is 35.3 Å². The summed E-state index contributed by atoms with van der Waals surface area (Å²) in [5.41, 5.74) is 1.93. The monoisotopic (exact) mass is 397 g/mol. The van der Waals surface area contributed by atoms with Gasteiger partial charge in [-0.25, -0.2) is 4.39 Å². The highest BCUT2D eigenvalue weighted by atomic mass is 32.1. The number of carbonyl (C=O) groups excluding carboxylic acids is 2. The van der Waals surface area contributed by atoms with E-state index in [1.165, 1.54) is 35.6 Å². The third-order valence-electron chi connectivity index (χ3n) is 4.03. The Morgan fingerprint density at radius 3 is 2.36 bits per heavy atom. The minimum absolute atomic E-state index is 0.103. The summed E-state index contributed by atoms with van der Waals surface area (Å²) in [5, 5.41) is 2.77. The quantitative estimate of drug-likeness (QED) is 0.716. The molecule has 0 unspecified atom stereocenters. The van der Waals surface area contributed by atoms with Gasteiger partial charge in [-0.2, -0.15) is 4.99 Å². The van der Waals surface area contributed by atoms with Gasteiger partial charge in [-0.3, -0.25) is 9.59 Å². The Morgan fingerprint density at radius 1 is 1.07 bits per heavy atom. The van der Waals surface area contributed by atoms with Gasteiger partial charge in [0.15, 0.2) is 4.80 Å². The van der Waals surface area contributed by atoms with E-state index in [2.05, 4.69) is 10.3 Å². The summed E-state index contributed by atoms with van der Waals surface area (Å²) in [7, 11) is 0. The molecule has 0 aliphatic rings. The Balaban J connectivity index is 1.83. The van der Waals surface area contributed by atoms with Crippen LogP contribution in [0.4, 0.5) is 4.39 Å². The van der Waals surface area contributed by atoms with Crippen molar-refractivity contribution in [3.63, 3.8) is 0 Å². The average molecular weight is 397 g/mol. The van der Waals surface area contributed by atoms with E-state index in [9.17, 15) is 14.0 Å². The van der Waals surface area contributed by atoms with Gasteiger partial charge >= 0.3 is 0 Å². The van der Waals surface area contributed by atoms with Crippen LogP contribution in [0.5, 0.6) is 0 Å². The molecule has 0 aliphatic carbocycles. The molecule has 0 saturated carbocycles. The Hall–Kier alpha value is -3.06. The van der Waals surface area contributed by atoms with Crippen molar-refractivity contribution >= 4 is 23.2 Å². The van der Waals surface area contributed by atoms with Crippen LogP contribution in [0.2, 0.25) is 0 Å². The van der Waals surface area contributed by atoms with Crippen molar-refractivity contribution in [3.05, 3.63) is 86.9 Å². The number of rotatable bonds is 5. The zero-order valence-electron chi connectivity index (χ0n) is 15.6. The number of benzene rings is 2. The van der Waals surface area contributed by atoms with Gasteiger partial charge in [0.1, 0.15) is 5.82 Å². The topological polar surface area (TPSA) is 63.5 Å². The maximum Gasteiger partial charge on any atom is 0.279 e. The first-order valence-electron chi connectivity index (χ1n) is 8.85. The Morgan fingerprint density at radius 2 is 1.71 bits per heavy atom. The third-order valence-corrected chi connectivity index (χ3v) is 4.97. The normalized spacial score (nSPS) is 11.5. The van der Waals surface area contributed by atoms with E-state index in [1.54, 1.807) is 12.1 Å². The molecule has 1 heterocycles. The van der Waals surface area contributed by atoms with Gasteiger partial charge in [-0.1, -0.05) is 12.1 Å². The van der Waals surface area contributed by atoms with Crippen LogP contribution in [0.3, 0.4) is 0 Å². The molecule has 3 aromatic rings. The molecule has 0 bridgehead atoms. The van der Waals surface area contributed by atoms with E-state index in [0.717, 1.165) is 10.4 Å². The van der Waals surface area contributed by atoms with Crippen LogP contribution in [-0.2, 0) is 6.54 Å². The third kappa shape index (κ3) is 4.80. The van der Waals surface area contributed by atoms with Crippen molar-refractivity contribution in [3.8, 4) is 0 Å². The van der Waals surface area contributed by atoms with Crippen molar-refractivity contribution in [1.82, 2.24) is 9.88 Å². The lowest BCUT2D eigenvalue weighted by molar-refractivity contribution is 0.0954. The maximum absolute atomic E-state index is 13.0. The van der Waals surface area contributed by atoms with Crippen LogP contribution >= 0.6 is 11.3 Å². The predicted octanol–water partition coefficient (Wildman–Crippen LogP) is 3.54. The highest BCUT2D eigenvalue weighted by molar-refractivity contribution is 7.09. The lowest BCUT2D eigenvalue weighted by Crippen LogP contribution is -2.22. The highest BCUT2D eigenvalue weighted by Crippen LogP contribution is 2.09. The summed E-state index contributed by atoms with van der Waals surface area (Å²) in [6.07, 6.45) is 1.93. The second-order valence-corrected chi connectivity index (χ2v) is 7.45. The molecule has 2 amide bonds. The molecule has 1 aromatic heterocycles. The molecular weight excluding hydrogens is 377 g/mol. The molecule has 0 saturated heterocycles. The fourth-order valence-corrected chi connectivity index (χ4v) is 3.50. The maximum atomic E-state index is 13.0. The molecule has 2 aromatic carbocycles. The standard InChI is InChI=1S/C21H20FN3O2S/c1-3-23-19(26)16-6-4-15(5-7-16)13-25-12-14(2)28-21(25)24-20(27)17-8-10-18(22)11-9-17/h4-12H,3,13H2,1-2H3,(H,23,26). The van der Waals surface area contributed by atoms with E-state index >= 15 is 0 Å². The summed E-state index contributed by atoms with van der Waals surface area (Å²) in [4.78, 5) is 30.0. The van der Waals surface area contributed by atoms with Crippen LogP contribution < -0.4 is 10.1 Å². The Bertz CT molecular complexity index is 1050. The number of nitrogens with one attached hydrogen (secondary N) is 1. The number of hydrogen-bond acceptors (Lipinski definition) is 3. The number of amides is 2. The molecule has 28 heavy (non-hydrogen) atoms. The fourth-order valence-electron chi connectivity index (χ4n) is 2.67. The molecular formula is C21H20FN3O2S. The van der Waals surface area contributed by atoms with Crippen molar-refractivity contribution in [2.24, 2.45) is 4.99 Å². The summed E-state index contributed by atoms with van der Waals surface area (Å²) in [5.74, 6) is -0.912. The van der Waals surface area contributed by atoms with Gasteiger partial charge in [0.05, 0.1) is 0 Å². The molecule has 7 heteroatoms. The first-order chi connectivity index (χ1) is 13.5. The van der Waals surface area contributed by atoms with Crippen molar-refractivity contribution in [2.75, 3.05) is 6.54 Å². The molecule has 1 N–H and O–H groups in total. The molecule has 3 rings (SSSR count). The fraction of sp³-hybridized carbons (Fsp3) is 0.190. The Labute approximate surface area is 166 Å². The van der Waals surface area contributed by atoms with Crippen LogP contribution in [0.25, 0.3) is 0 Å². The van der Waals surface area contributed by atoms with Gasteiger partial charge < -0.3 is 9.88 Å². The average Bonchev–Trinajstić information content (AvgIpc) is 3.01. The minimum atomic E-state index is -0.415. The van der Waals surface area contributed by atoms with Gasteiger partial charge in [-0.15, -0.1) is 11.3 Å². The summed E-state index contributed by atoms with van der Waals surface area (Å²) < 4.78 is 14.9. The molecule has 0 fully saturated rings.